The van der Waals surface area contributed by atoms with Crippen molar-refractivity contribution in [3.8, 4) is 5.75 Å². The van der Waals surface area contributed by atoms with E-state index in [1.165, 1.54) is 25.3 Å². The summed E-state index contributed by atoms with van der Waals surface area (Å²) < 4.78 is 45.2. The van der Waals surface area contributed by atoms with Crippen LogP contribution in [0, 0.1) is 0 Å². The molecule has 1 rings (SSSR count). The molecule has 0 saturated carbocycles. The van der Waals surface area contributed by atoms with Gasteiger partial charge in [0, 0.05) is 0 Å². The molecule has 0 saturated heterocycles. The second kappa shape index (κ2) is 5.72. The van der Waals surface area contributed by atoms with Crippen molar-refractivity contribution < 1.29 is 32.5 Å². The third-order valence-electron chi connectivity index (χ3n) is 2.08. The second-order valence-electron chi connectivity index (χ2n) is 3.36. The van der Waals surface area contributed by atoms with Gasteiger partial charge in [0.15, 0.2) is 6.10 Å². The topological polar surface area (TPSA) is 55.8 Å². The first-order chi connectivity index (χ1) is 8.36. The van der Waals surface area contributed by atoms with Gasteiger partial charge in [0.2, 0.25) is 0 Å². The van der Waals surface area contributed by atoms with E-state index in [2.05, 4.69) is 4.74 Å². The van der Waals surface area contributed by atoms with Gasteiger partial charge in [0.05, 0.1) is 7.11 Å². The molecule has 0 bridgehead atoms. The quantitative estimate of drug-likeness (QED) is 0.842. The molecule has 1 aromatic carbocycles. The molecular formula is C11H11F3O4. The van der Waals surface area contributed by atoms with Crippen LogP contribution in [0.1, 0.15) is 10.4 Å². The van der Waals surface area contributed by atoms with Gasteiger partial charge in [0.25, 0.3) is 0 Å². The summed E-state index contributed by atoms with van der Waals surface area (Å²) in [6.07, 6.45) is -7.52. The van der Waals surface area contributed by atoms with E-state index in [-0.39, 0.29) is 11.3 Å². The van der Waals surface area contributed by atoms with Gasteiger partial charge in [-0.1, -0.05) is 12.1 Å². The van der Waals surface area contributed by atoms with Crippen LogP contribution < -0.4 is 4.74 Å². The van der Waals surface area contributed by atoms with Gasteiger partial charge in [-0.05, 0) is 12.1 Å². The van der Waals surface area contributed by atoms with Crippen LogP contribution in [0.4, 0.5) is 13.2 Å². The van der Waals surface area contributed by atoms with E-state index in [4.69, 9.17) is 9.84 Å². The molecule has 1 atom stereocenters. The summed E-state index contributed by atoms with van der Waals surface area (Å²) in [5.41, 5.74) is -0.00521. The predicted molar refractivity (Wildman–Crippen MR) is 55.3 cm³/mol. The molecule has 1 N–H and O–H groups in total. The van der Waals surface area contributed by atoms with Crippen molar-refractivity contribution in [2.24, 2.45) is 0 Å². The highest BCUT2D eigenvalue weighted by Gasteiger charge is 2.39. The molecule has 18 heavy (non-hydrogen) atoms. The highest BCUT2D eigenvalue weighted by atomic mass is 19.4. The number of benzene rings is 1. The number of aliphatic hydroxyl groups excluding tert-OH is 1. The number of aliphatic hydroxyl groups is 1. The van der Waals surface area contributed by atoms with Gasteiger partial charge in [0.1, 0.15) is 17.9 Å². The van der Waals surface area contributed by atoms with E-state index >= 15 is 0 Å². The van der Waals surface area contributed by atoms with E-state index in [1.54, 1.807) is 6.07 Å². The molecule has 0 aliphatic carbocycles. The van der Waals surface area contributed by atoms with E-state index < -0.39 is 24.9 Å². The molecule has 100 valence electrons. The maximum absolute atomic E-state index is 12.0. The zero-order chi connectivity index (χ0) is 13.8. The minimum absolute atomic E-state index is 0.00521. The van der Waals surface area contributed by atoms with E-state index in [1.807, 2.05) is 0 Å². The lowest BCUT2D eigenvalue weighted by molar-refractivity contribution is -0.212. The highest BCUT2D eigenvalue weighted by molar-refractivity contribution is 5.92. The summed E-state index contributed by atoms with van der Waals surface area (Å²) in [5.74, 6) is -0.806. The minimum atomic E-state index is -4.82. The maximum Gasteiger partial charge on any atom is 0.417 e. The molecule has 1 unspecified atom stereocenters. The Labute approximate surface area is 101 Å². The summed E-state index contributed by atoms with van der Waals surface area (Å²) in [6, 6.07) is 5.93. The van der Waals surface area contributed by atoms with Crippen LogP contribution in [-0.2, 0) is 4.74 Å². The predicted octanol–water partition coefficient (Wildman–Crippen LogP) is 1.78. The van der Waals surface area contributed by atoms with Crippen molar-refractivity contribution in [1.82, 2.24) is 0 Å². The van der Waals surface area contributed by atoms with Crippen LogP contribution in [0.15, 0.2) is 24.3 Å². The van der Waals surface area contributed by atoms with Gasteiger partial charge in [-0.15, -0.1) is 0 Å². The first-order valence-corrected chi connectivity index (χ1v) is 4.91. The zero-order valence-corrected chi connectivity index (χ0v) is 9.40. The van der Waals surface area contributed by atoms with Crippen molar-refractivity contribution in [3.05, 3.63) is 29.8 Å². The number of alkyl halides is 3. The van der Waals surface area contributed by atoms with Gasteiger partial charge >= 0.3 is 12.1 Å². The number of halogens is 3. The Kier molecular flexibility index (Phi) is 4.55. The Morgan fingerprint density at radius 1 is 1.39 bits per heavy atom. The molecule has 0 radical (unpaired) electrons. The van der Waals surface area contributed by atoms with Crippen LogP contribution in [-0.4, -0.2) is 37.1 Å². The molecule has 4 nitrogen and oxygen atoms in total. The average molecular weight is 264 g/mol. The average Bonchev–Trinajstić information content (AvgIpc) is 2.34. The minimum Gasteiger partial charge on any atom is -0.496 e. The third-order valence-corrected chi connectivity index (χ3v) is 2.08. The number of carbonyl (C=O) groups excluding carboxylic acids is 1. The number of esters is 1. The summed E-state index contributed by atoms with van der Waals surface area (Å²) in [7, 11) is 1.32. The Hall–Kier alpha value is -1.76. The molecule has 0 heterocycles. The van der Waals surface area contributed by atoms with Crippen molar-refractivity contribution in [3.63, 3.8) is 0 Å². The normalized spacial score (nSPS) is 12.9. The van der Waals surface area contributed by atoms with Crippen molar-refractivity contribution in [2.75, 3.05) is 13.7 Å². The third kappa shape index (κ3) is 3.63. The van der Waals surface area contributed by atoms with Crippen LogP contribution in [0.3, 0.4) is 0 Å². The van der Waals surface area contributed by atoms with Gasteiger partial charge < -0.3 is 14.6 Å². The highest BCUT2D eigenvalue weighted by Crippen LogP contribution is 2.22. The number of para-hydroxylation sites is 1. The molecule has 0 fully saturated rings. The number of ether oxygens (including phenoxy) is 2. The Bertz CT molecular complexity index is 417. The SMILES string of the molecule is COc1ccccc1C(=O)OCC(O)C(F)(F)F. The first kappa shape index (κ1) is 14.3. The number of rotatable bonds is 4. The molecule has 0 aliphatic rings. The lowest BCUT2D eigenvalue weighted by Crippen LogP contribution is -2.33. The summed E-state index contributed by atoms with van der Waals surface area (Å²) in [5, 5.41) is 8.67. The zero-order valence-electron chi connectivity index (χ0n) is 9.40. The van der Waals surface area contributed by atoms with Crippen molar-refractivity contribution >= 4 is 5.97 Å². The van der Waals surface area contributed by atoms with Crippen LogP contribution in [0.5, 0.6) is 5.75 Å². The standard InChI is InChI=1S/C11H11F3O4/c1-17-8-5-3-2-4-7(8)10(16)18-6-9(15)11(12,13)14/h2-5,9,15H,6H2,1H3. The Morgan fingerprint density at radius 2 is 2.00 bits per heavy atom. The fourth-order valence-corrected chi connectivity index (χ4v) is 1.14. The number of hydrogen-bond acceptors (Lipinski definition) is 4. The lowest BCUT2D eigenvalue weighted by atomic mass is 10.2. The first-order valence-electron chi connectivity index (χ1n) is 4.91. The molecule has 0 aliphatic heterocycles. The fraction of sp³-hybridized carbons (Fsp3) is 0.364. The van der Waals surface area contributed by atoms with Gasteiger partial charge in [-0.25, -0.2) is 4.79 Å². The maximum atomic E-state index is 12.0. The molecule has 7 heteroatoms. The number of hydrogen-bond donors (Lipinski definition) is 1. The largest absolute Gasteiger partial charge is 0.496 e. The fourth-order valence-electron chi connectivity index (χ4n) is 1.14. The van der Waals surface area contributed by atoms with E-state index in [0.717, 1.165) is 0 Å². The molecule has 0 amide bonds. The Balaban J connectivity index is 2.66. The van der Waals surface area contributed by atoms with Crippen LogP contribution in [0.25, 0.3) is 0 Å². The number of methoxy groups -OCH3 is 1. The number of carbonyl (C=O) groups is 1. The summed E-state index contributed by atoms with van der Waals surface area (Å²) >= 11 is 0. The smallest absolute Gasteiger partial charge is 0.417 e. The van der Waals surface area contributed by atoms with E-state index in [0.29, 0.717) is 0 Å². The molecule has 1 aromatic rings. The summed E-state index contributed by atoms with van der Waals surface area (Å²) in [4.78, 5) is 11.5. The van der Waals surface area contributed by atoms with Crippen LogP contribution >= 0.6 is 0 Å². The summed E-state index contributed by atoms with van der Waals surface area (Å²) in [6.45, 7) is -1.15. The molecule has 0 aromatic heterocycles. The van der Waals surface area contributed by atoms with Crippen molar-refractivity contribution in [1.29, 1.82) is 0 Å². The molecular weight excluding hydrogens is 253 g/mol. The van der Waals surface area contributed by atoms with Crippen molar-refractivity contribution in [2.45, 2.75) is 12.3 Å². The second-order valence-corrected chi connectivity index (χ2v) is 3.36. The van der Waals surface area contributed by atoms with E-state index in [9.17, 15) is 18.0 Å². The van der Waals surface area contributed by atoms with Gasteiger partial charge in [-0.2, -0.15) is 13.2 Å². The molecule has 0 spiro atoms. The van der Waals surface area contributed by atoms with Crippen LogP contribution in [0.2, 0.25) is 0 Å². The lowest BCUT2D eigenvalue weighted by Gasteiger charge is -2.15. The monoisotopic (exact) mass is 264 g/mol. The van der Waals surface area contributed by atoms with Gasteiger partial charge in [-0.3, -0.25) is 0 Å². The Morgan fingerprint density at radius 3 is 2.56 bits per heavy atom.